The predicted molar refractivity (Wildman–Crippen MR) is 68.1 cm³/mol. The first-order valence-corrected chi connectivity index (χ1v) is 6.41. The Morgan fingerprint density at radius 2 is 2.06 bits per heavy atom. The van der Waals surface area contributed by atoms with Crippen LogP contribution in [0.4, 0.5) is 0 Å². The lowest BCUT2D eigenvalue weighted by molar-refractivity contribution is 0.0565. The third-order valence-corrected chi connectivity index (χ3v) is 2.97. The molecule has 0 radical (unpaired) electrons. The molecule has 0 aliphatic rings. The molecule has 0 spiro atoms. The van der Waals surface area contributed by atoms with Gasteiger partial charge in [-0.3, -0.25) is 0 Å². The maximum absolute atomic E-state index is 9.99. The third kappa shape index (κ3) is 4.07. The summed E-state index contributed by atoms with van der Waals surface area (Å²) in [5.74, 6) is 1.03. The van der Waals surface area contributed by atoms with E-state index in [1.54, 1.807) is 7.11 Å². The van der Waals surface area contributed by atoms with Gasteiger partial charge in [0.05, 0.1) is 12.5 Å². The maximum atomic E-state index is 9.99. The lowest BCUT2D eigenvalue weighted by Crippen LogP contribution is -2.28. The van der Waals surface area contributed by atoms with Crippen LogP contribution in [0.15, 0.2) is 4.52 Å². The van der Waals surface area contributed by atoms with Gasteiger partial charge in [-0.2, -0.15) is 4.98 Å². The summed E-state index contributed by atoms with van der Waals surface area (Å²) in [7, 11) is 1.64. The van der Waals surface area contributed by atoms with E-state index in [0.717, 1.165) is 12.8 Å². The summed E-state index contributed by atoms with van der Waals surface area (Å²) in [6.45, 7) is 8.01. The number of rotatable bonds is 6. The Labute approximate surface area is 109 Å². The first-order chi connectivity index (χ1) is 8.38. The summed E-state index contributed by atoms with van der Waals surface area (Å²) in [5, 5.41) is 13.9. The molecule has 1 aromatic rings. The first kappa shape index (κ1) is 15.1. The van der Waals surface area contributed by atoms with Crippen molar-refractivity contribution in [3.8, 4) is 0 Å². The van der Waals surface area contributed by atoms with Crippen molar-refractivity contribution in [1.82, 2.24) is 10.1 Å². The molecule has 0 amide bonds. The van der Waals surface area contributed by atoms with Crippen LogP contribution in [-0.4, -0.2) is 28.5 Å². The standard InChI is InChI=1S/C13H24N2O3/c1-6-7-9(17-5)12-14-11(18-15-12)8-10(16)13(2,3)4/h9-10,16H,6-8H2,1-5H3. The van der Waals surface area contributed by atoms with Gasteiger partial charge in [0.1, 0.15) is 6.10 Å². The Hall–Kier alpha value is -0.940. The number of hydrogen-bond acceptors (Lipinski definition) is 5. The summed E-state index contributed by atoms with van der Waals surface area (Å²) in [5.41, 5.74) is -0.196. The van der Waals surface area contributed by atoms with Crippen molar-refractivity contribution in [2.45, 2.75) is 59.2 Å². The van der Waals surface area contributed by atoms with Crippen molar-refractivity contribution in [3.05, 3.63) is 11.7 Å². The Balaban J connectivity index is 2.68. The van der Waals surface area contributed by atoms with Crippen LogP contribution in [0.25, 0.3) is 0 Å². The number of ether oxygens (including phenoxy) is 1. The molecule has 5 heteroatoms. The predicted octanol–water partition coefficient (Wildman–Crippen LogP) is 2.51. The summed E-state index contributed by atoms with van der Waals surface area (Å²) in [4.78, 5) is 4.29. The van der Waals surface area contributed by atoms with Gasteiger partial charge in [0.25, 0.3) is 0 Å². The van der Waals surface area contributed by atoms with Gasteiger partial charge in [-0.25, -0.2) is 0 Å². The van der Waals surface area contributed by atoms with Crippen LogP contribution in [0.2, 0.25) is 0 Å². The molecule has 1 N–H and O–H groups in total. The molecule has 1 rings (SSSR count). The molecule has 0 fully saturated rings. The van der Waals surface area contributed by atoms with Crippen LogP contribution in [0.1, 0.15) is 58.4 Å². The molecule has 5 nitrogen and oxygen atoms in total. The zero-order valence-corrected chi connectivity index (χ0v) is 11.9. The normalized spacial score (nSPS) is 15.7. The van der Waals surface area contributed by atoms with Crippen LogP contribution in [-0.2, 0) is 11.2 Å². The quantitative estimate of drug-likeness (QED) is 0.847. The van der Waals surface area contributed by atoms with Crippen LogP contribution in [0.3, 0.4) is 0 Å². The van der Waals surface area contributed by atoms with E-state index in [0.29, 0.717) is 18.1 Å². The van der Waals surface area contributed by atoms with Gasteiger partial charge in [-0.05, 0) is 11.8 Å². The fraction of sp³-hybridized carbons (Fsp3) is 0.846. The fourth-order valence-corrected chi connectivity index (χ4v) is 1.57. The van der Waals surface area contributed by atoms with Gasteiger partial charge >= 0.3 is 0 Å². The molecule has 2 unspecified atom stereocenters. The summed E-state index contributed by atoms with van der Waals surface area (Å²) >= 11 is 0. The molecule has 0 saturated carbocycles. The number of aromatic nitrogens is 2. The highest BCUT2D eigenvalue weighted by molar-refractivity contribution is 4.93. The van der Waals surface area contributed by atoms with Crippen LogP contribution in [0, 0.1) is 5.41 Å². The van der Waals surface area contributed by atoms with E-state index in [-0.39, 0.29) is 11.5 Å². The summed E-state index contributed by atoms with van der Waals surface area (Å²) in [6.07, 6.45) is 1.60. The maximum Gasteiger partial charge on any atom is 0.229 e. The lowest BCUT2D eigenvalue weighted by Gasteiger charge is -2.24. The number of methoxy groups -OCH3 is 1. The third-order valence-electron chi connectivity index (χ3n) is 2.97. The van der Waals surface area contributed by atoms with Crippen molar-refractivity contribution < 1.29 is 14.4 Å². The van der Waals surface area contributed by atoms with E-state index in [9.17, 15) is 5.11 Å². The van der Waals surface area contributed by atoms with E-state index in [1.807, 2.05) is 20.8 Å². The smallest absolute Gasteiger partial charge is 0.229 e. The number of nitrogens with zero attached hydrogens (tertiary/aromatic N) is 2. The van der Waals surface area contributed by atoms with Crippen LogP contribution >= 0.6 is 0 Å². The van der Waals surface area contributed by atoms with Crippen LogP contribution < -0.4 is 0 Å². The van der Waals surface area contributed by atoms with Crippen molar-refractivity contribution in [2.75, 3.05) is 7.11 Å². The van der Waals surface area contributed by atoms with Crippen molar-refractivity contribution in [3.63, 3.8) is 0 Å². The average Bonchev–Trinajstić information content (AvgIpc) is 2.73. The molecule has 0 bridgehead atoms. The zero-order valence-electron chi connectivity index (χ0n) is 11.9. The molecule has 2 atom stereocenters. The van der Waals surface area contributed by atoms with E-state index in [2.05, 4.69) is 17.1 Å². The van der Waals surface area contributed by atoms with Gasteiger partial charge in [0.2, 0.25) is 11.7 Å². The summed E-state index contributed by atoms with van der Waals surface area (Å²) < 4.78 is 10.5. The Bertz CT molecular complexity index is 357. The molecule has 0 aromatic carbocycles. The SMILES string of the molecule is CCCC(OC)c1noc(CC(O)C(C)(C)C)n1. The molecule has 0 aliphatic heterocycles. The summed E-state index contributed by atoms with van der Waals surface area (Å²) in [6, 6.07) is 0. The van der Waals surface area contributed by atoms with Gasteiger partial charge in [-0.15, -0.1) is 0 Å². The van der Waals surface area contributed by atoms with Gasteiger partial charge in [0, 0.05) is 7.11 Å². The minimum atomic E-state index is -0.502. The monoisotopic (exact) mass is 256 g/mol. The molecular weight excluding hydrogens is 232 g/mol. The van der Waals surface area contributed by atoms with E-state index in [1.165, 1.54) is 0 Å². The first-order valence-electron chi connectivity index (χ1n) is 6.41. The lowest BCUT2D eigenvalue weighted by atomic mass is 9.87. The second-order valence-electron chi connectivity index (χ2n) is 5.65. The van der Waals surface area contributed by atoms with E-state index >= 15 is 0 Å². The minimum absolute atomic E-state index is 0.126. The fourth-order valence-electron chi connectivity index (χ4n) is 1.57. The highest BCUT2D eigenvalue weighted by Gasteiger charge is 2.25. The Morgan fingerprint density at radius 1 is 1.39 bits per heavy atom. The Kier molecular flexibility index (Phi) is 5.28. The van der Waals surface area contributed by atoms with E-state index < -0.39 is 6.10 Å². The average molecular weight is 256 g/mol. The second kappa shape index (κ2) is 6.29. The molecule has 1 aromatic heterocycles. The Morgan fingerprint density at radius 3 is 2.56 bits per heavy atom. The topological polar surface area (TPSA) is 68.4 Å². The highest BCUT2D eigenvalue weighted by Crippen LogP contribution is 2.23. The molecular formula is C13H24N2O3. The van der Waals surface area contributed by atoms with Crippen LogP contribution in [0.5, 0.6) is 0 Å². The largest absolute Gasteiger partial charge is 0.392 e. The second-order valence-corrected chi connectivity index (χ2v) is 5.65. The molecule has 1 heterocycles. The molecule has 0 saturated heterocycles. The molecule has 0 aliphatic carbocycles. The van der Waals surface area contributed by atoms with Crippen molar-refractivity contribution >= 4 is 0 Å². The van der Waals surface area contributed by atoms with Gasteiger partial charge in [-0.1, -0.05) is 39.3 Å². The van der Waals surface area contributed by atoms with E-state index in [4.69, 9.17) is 9.26 Å². The zero-order chi connectivity index (χ0) is 13.8. The van der Waals surface area contributed by atoms with Gasteiger partial charge < -0.3 is 14.4 Å². The molecule has 18 heavy (non-hydrogen) atoms. The highest BCUT2D eigenvalue weighted by atomic mass is 16.5. The molecule has 104 valence electrons. The number of aliphatic hydroxyl groups excluding tert-OH is 1. The van der Waals surface area contributed by atoms with Crippen molar-refractivity contribution in [2.24, 2.45) is 5.41 Å². The number of hydrogen-bond donors (Lipinski definition) is 1. The van der Waals surface area contributed by atoms with Crippen molar-refractivity contribution in [1.29, 1.82) is 0 Å². The van der Waals surface area contributed by atoms with Gasteiger partial charge in [0.15, 0.2) is 0 Å². The minimum Gasteiger partial charge on any atom is -0.392 e. The number of aliphatic hydroxyl groups is 1.